The highest BCUT2D eigenvalue weighted by Gasteiger charge is 2.15. The van der Waals surface area contributed by atoms with Crippen molar-refractivity contribution in [3.8, 4) is 0 Å². The molecule has 1 N–H and O–H groups in total. The minimum Gasteiger partial charge on any atom is -0.312 e. The van der Waals surface area contributed by atoms with Crippen molar-refractivity contribution in [3.63, 3.8) is 0 Å². The number of hydrogen-bond donors (Lipinski definition) is 1. The Morgan fingerprint density at radius 2 is 2.05 bits per heavy atom. The van der Waals surface area contributed by atoms with Gasteiger partial charge in [0.25, 0.3) is 0 Å². The molecule has 0 aromatic carbocycles. The zero-order valence-electron chi connectivity index (χ0n) is 12.2. The maximum Gasteiger partial charge on any atom is 0.131 e. The first-order valence-electron chi connectivity index (χ1n) is 7.19. The molecule has 1 aromatic heterocycles. The second kappa shape index (κ2) is 6.73. The van der Waals surface area contributed by atoms with Gasteiger partial charge in [-0.1, -0.05) is 18.5 Å². The van der Waals surface area contributed by atoms with Crippen LogP contribution in [0.5, 0.6) is 0 Å². The summed E-state index contributed by atoms with van der Waals surface area (Å²) in [5.74, 6) is 0.675. The van der Waals surface area contributed by atoms with Gasteiger partial charge in [0.15, 0.2) is 0 Å². The summed E-state index contributed by atoms with van der Waals surface area (Å²) in [6.07, 6.45) is 2.73. The zero-order chi connectivity index (χ0) is 13.8. The molecule has 1 fully saturated rings. The van der Waals surface area contributed by atoms with E-state index in [1.165, 1.54) is 32.5 Å². The quantitative estimate of drug-likeness (QED) is 0.869. The molecule has 0 unspecified atom stereocenters. The molecule has 0 saturated carbocycles. The molecule has 0 spiro atoms. The second-order valence-corrected chi connectivity index (χ2v) is 6.08. The monoisotopic (exact) mass is 284 g/mol. The number of rotatable bonds is 6. The number of aromatic nitrogens is 2. The Labute approximate surface area is 121 Å². The summed E-state index contributed by atoms with van der Waals surface area (Å²) in [5.41, 5.74) is 2.14. The molecule has 0 aliphatic carbocycles. The first kappa shape index (κ1) is 14.8. The van der Waals surface area contributed by atoms with Crippen molar-refractivity contribution in [2.45, 2.75) is 33.2 Å². The standard InChI is InChI=1S/C14H25ClN4/c1-11(10-19-6-4-5-7-19)8-16-9-13-12(2)17-18(3)14(13)15/h11,16H,4-10H2,1-3H3/t11-/m0/s1. The second-order valence-electron chi connectivity index (χ2n) is 5.72. The summed E-state index contributed by atoms with van der Waals surface area (Å²) in [7, 11) is 1.88. The summed E-state index contributed by atoms with van der Waals surface area (Å²) in [6.45, 7) is 9.91. The Balaban J connectivity index is 1.73. The van der Waals surface area contributed by atoms with Gasteiger partial charge in [0, 0.05) is 25.7 Å². The summed E-state index contributed by atoms with van der Waals surface area (Å²) in [6, 6.07) is 0. The Morgan fingerprint density at radius 3 is 2.63 bits per heavy atom. The van der Waals surface area contributed by atoms with Gasteiger partial charge in [0.05, 0.1) is 5.69 Å². The van der Waals surface area contributed by atoms with Crippen LogP contribution in [0.3, 0.4) is 0 Å². The molecule has 2 heterocycles. The lowest BCUT2D eigenvalue weighted by Gasteiger charge is -2.20. The highest BCUT2D eigenvalue weighted by molar-refractivity contribution is 6.30. The van der Waals surface area contributed by atoms with Crippen LogP contribution in [-0.2, 0) is 13.6 Å². The molecule has 1 saturated heterocycles. The van der Waals surface area contributed by atoms with E-state index in [1.807, 2.05) is 14.0 Å². The van der Waals surface area contributed by atoms with E-state index < -0.39 is 0 Å². The normalized spacial score (nSPS) is 18.1. The van der Waals surface area contributed by atoms with Gasteiger partial charge >= 0.3 is 0 Å². The zero-order valence-corrected chi connectivity index (χ0v) is 13.0. The van der Waals surface area contributed by atoms with Crippen LogP contribution in [0.15, 0.2) is 0 Å². The number of hydrogen-bond acceptors (Lipinski definition) is 3. The summed E-state index contributed by atoms with van der Waals surface area (Å²) in [4.78, 5) is 2.56. The van der Waals surface area contributed by atoms with E-state index in [0.29, 0.717) is 5.92 Å². The van der Waals surface area contributed by atoms with Gasteiger partial charge in [-0.3, -0.25) is 4.68 Å². The molecule has 1 aliphatic heterocycles. The fraction of sp³-hybridized carbons (Fsp3) is 0.786. The Hall–Kier alpha value is -0.580. The average molecular weight is 285 g/mol. The van der Waals surface area contributed by atoms with Gasteiger partial charge in [0.1, 0.15) is 5.15 Å². The van der Waals surface area contributed by atoms with E-state index in [4.69, 9.17) is 11.6 Å². The van der Waals surface area contributed by atoms with Crippen LogP contribution in [0, 0.1) is 12.8 Å². The molecule has 2 rings (SSSR count). The maximum atomic E-state index is 6.22. The molecule has 108 valence electrons. The third kappa shape index (κ3) is 3.94. The molecule has 0 amide bonds. The van der Waals surface area contributed by atoms with Crippen LogP contribution in [0.4, 0.5) is 0 Å². The number of halogens is 1. The van der Waals surface area contributed by atoms with Gasteiger partial charge in [-0.05, 0) is 45.3 Å². The molecular weight excluding hydrogens is 260 g/mol. The first-order chi connectivity index (χ1) is 9.08. The predicted octanol–water partition coefficient (Wildman–Crippen LogP) is 2.20. The summed E-state index contributed by atoms with van der Waals surface area (Å²) < 4.78 is 1.74. The van der Waals surface area contributed by atoms with E-state index in [9.17, 15) is 0 Å². The molecule has 5 heteroatoms. The van der Waals surface area contributed by atoms with Gasteiger partial charge < -0.3 is 10.2 Å². The molecule has 19 heavy (non-hydrogen) atoms. The lowest BCUT2D eigenvalue weighted by Crippen LogP contribution is -2.31. The van der Waals surface area contributed by atoms with Crippen LogP contribution in [0.2, 0.25) is 5.15 Å². The van der Waals surface area contributed by atoms with Crippen molar-refractivity contribution in [2.75, 3.05) is 26.2 Å². The van der Waals surface area contributed by atoms with Crippen LogP contribution in [0.25, 0.3) is 0 Å². The van der Waals surface area contributed by atoms with Crippen LogP contribution in [0.1, 0.15) is 31.0 Å². The summed E-state index contributed by atoms with van der Waals surface area (Å²) in [5, 5.41) is 8.58. The Morgan fingerprint density at radius 1 is 1.37 bits per heavy atom. The highest BCUT2D eigenvalue weighted by atomic mass is 35.5. The van der Waals surface area contributed by atoms with Crippen LogP contribution >= 0.6 is 11.6 Å². The smallest absolute Gasteiger partial charge is 0.131 e. The topological polar surface area (TPSA) is 33.1 Å². The number of likely N-dealkylation sites (tertiary alicyclic amines) is 1. The van der Waals surface area contributed by atoms with E-state index in [1.54, 1.807) is 4.68 Å². The molecule has 4 nitrogen and oxygen atoms in total. The molecule has 1 atom stereocenters. The number of nitrogens with zero attached hydrogens (tertiary/aromatic N) is 3. The fourth-order valence-corrected chi connectivity index (χ4v) is 3.03. The van der Waals surface area contributed by atoms with E-state index in [2.05, 4.69) is 22.2 Å². The highest BCUT2D eigenvalue weighted by Crippen LogP contribution is 2.18. The van der Waals surface area contributed by atoms with Crippen molar-refractivity contribution in [1.29, 1.82) is 0 Å². The van der Waals surface area contributed by atoms with Crippen molar-refractivity contribution < 1.29 is 0 Å². The molecular formula is C14H25ClN4. The predicted molar refractivity (Wildman–Crippen MR) is 79.5 cm³/mol. The van der Waals surface area contributed by atoms with Crippen LogP contribution in [-0.4, -0.2) is 40.9 Å². The van der Waals surface area contributed by atoms with Gasteiger partial charge in [-0.15, -0.1) is 0 Å². The third-order valence-electron chi connectivity index (χ3n) is 3.83. The Bertz CT molecular complexity index is 410. The lowest BCUT2D eigenvalue weighted by atomic mass is 10.1. The average Bonchev–Trinajstić information content (AvgIpc) is 2.93. The molecule has 1 aliphatic rings. The molecule has 0 radical (unpaired) electrons. The van der Waals surface area contributed by atoms with Crippen molar-refractivity contribution in [3.05, 3.63) is 16.4 Å². The largest absolute Gasteiger partial charge is 0.312 e. The van der Waals surface area contributed by atoms with Crippen molar-refractivity contribution >= 4 is 11.6 Å². The number of aryl methyl sites for hydroxylation is 2. The Kier molecular flexibility index (Phi) is 5.25. The van der Waals surface area contributed by atoms with Crippen molar-refractivity contribution in [2.24, 2.45) is 13.0 Å². The minimum atomic E-state index is 0.675. The summed E-state index contributed by atoms with van der Waals surface area (Å²) >= 11 is 6.22. The minimum absolute atomic E-state index is 0.675. The van der Waals surface area contributed by atoms with Gasteiger partial charge in [-0.2, -0.15) is 5.10 Å². The van der Waals surface area contributed by atoms with E-state index in [0.717, 1.165) is 29.5 Å². The SMILES string of the molecule is Cc1nn(C)c(Cl)c1CNC[C@H](C)CN1CCCC1. The third-order valence-corrected chi connectivity index (χ3v) is 4.31. The maximum absolute atomic E-state index is 6.22. The first-order valence-corrected chi connectivity index (χ1v) is 7.56. The van der Waals surface area contributed by atoms with E-state index in [-0.39, 0.29) is 0 Å². The number of nitrogens with one attached hydrogen (secondary N) is 1. The lowest BCUT2D eigenvalue weighted by molar-refractivity contribution is 0.282. The van der Waals surface area contributed by atoms with Crippen molar-refractivity contribution in [1.82, 2.24) is 20.0 Å². The van der Waals surface area contributed by atoms with Gasteiger partial charge in [0.2, 0.25) is 0 Å². The van der Waals surface area contributed by atoms with Crippen LogP contribution < -0.4 is 5.32 Å². The molecule has 1 aromatic rings. The van der Waals surface area contributed by atoms with E-state index >= 15 is 0 Å². The van der Waals surface area contributed by atoms with Gasteiger partial charge in [-0.25, -0.2) is 0 Å². The fourth-order valence-electron chi connectivity index (χ4n) is 2.79. The molecule has 0 bridgehead atoms.